The SMILES string of the molecule is Cc1ccc([N+](=O)[O-])cc1-n1cc(CSc2nnc(-c3c(C)ncc([N+](=O)[O-])c3Nc3ccccc3)o2)nn1. The molecule has 0 saturated heterocycles. The molecule has 0 amide bonds. The lowest BCUT2D eigenvalue weighted by Crippen LogP contribution is -2.03. The summed E-state index contributed by atoms with van der Waals surface area (Å²) >= 11 is 1.20. The van der Waals surface area contributed by atoms with E-state index in [2.05, 4.69) is 30.8 Å². The van der Waals surface area contributed by atoms with Crippen molar-refractivity contribution in [1.82, 2.24) is 30.2 Å². The second-order valence-electron chi connectivity index (χ2n) is 8.27. The van der Waals surface area contributed by atoms with Crippen LogP contribution in [0.2, 0.25) is 0 Å². The lowest BCUT2D eigenvalue weighted by Gasteiger charge is -2.12. The molecular formula is C24H19N9O5S. The molecule has 0 fully saturated rings. The number of non-ortho nitro benzene ring substituents is 1. The highest BCUT2D eigenvalue weighted by Gasteiger charge is 2.26. The smallest absolute Gasteiger partial charge is 0.311 e. The first-order valence-electron chi connectivity index (χ1n) is 11.4. The number of nitrogens with one attached hydrogen (secondary N) is 1. The van der Waals surface area contributed by atoms with Crippen LogP contribution in [0.1, 0.15) is 17.0 Å². The fourth-order valence-corrected chi connectivity index (χ4v) is 4.37. The molecule has 0 aliphatic heterocycles. The van der Waals surface area contributed by atoms with Gasteiger partial charge in [-0.2, -0.15) is 0 Å². The Bertz CT molecular complexity index is 1690. The highest BCUT2D eigenvalue weighted by Crippen LogP contribution is 2.39. The van der Waals surface area contributed by atoms with Crippen LogP contribution < -0.4 is 5.32 Å². The predicted molar refractivity (Wildman–Crippen MR) is 141 cm³/mol. The number of thioether (sulfide) groups is 1. The molecule has 5 aromatic rings. The monoisotopic (exact) mass is 545 g/mol. The molecule has 15 heteroatoms. The Kier molecular flexibility index (Phi) is 6.96. The number of aryl methyl sites for hydroxylation is 2. The van der Waals surface area contributed by atoms with Gasteiger partial charge in [-0.1, -0.05) is 41.2 Å². The molecule has 1 N–H and O–H groups in total. The van der Waals surface area contributed by atoms with Gasteiger partial charge in [0.05, 0.1) is 38.7 Å². The number of pyridine rings is 1. The van der Waals surface area contributed by atoms with Crippen molar-refractivity contribution in [2.45, 2.75) is 24.8 Å². The minimum atomic E-state index is -0.528. The molecule has 5 rings (SSSR count). The summed E-state index contributed by atoms with van der Waals surface area (Å²) in [6.45, 7) is 3.52. The third-order valence-corrected chi connectivity index (χ3v) is 6.50. The molecule has 39 heavy (non-hydrogen) atoms. The number of para-hydroxylation sites is 1. The Morgan fingerprint density at radius 3 is 2.56 bits per heavy atom. The number of benzene rings is 2. The van der Waals surface area contributed by atoms with Crippen LogP contribution >= 0.6 is 11.8 Å². The Balaban J connectivity index is 1.38. The molecule has 3 aromatic heterocycles. The van der Waals surface area contributed by atoms with E-state index < -0.39 is 9.85 Å². The fraction of sp³-hybridized carbons (Fsp3) is 0.125. The minimum absolute atomic E-state index is 0.0486. The van der Waals surface area contributed by atoms with Gasteiger partial charge in [0.15, 0.2) is 0 Å². The molecule has 14 nitrogen and oxygen atoms in total. The number of rotatable bonds is 9. The topological polar surface area (TPSA) is 181 Å². The van der Waals surface area contributed by atoms with E-state index >= 15 is 0 Å². The van der Waals surface area contributed by atoms with Gasteiger partial charge in [-0.15, -0.1) is 15.3 Å². The molecule has 196 valence electrons. The van der Waals surface area contributed by atoms with Crippen LogP contribution in [0.4, 0.5) is 22.7 Å². The maximum Gasteiger partial charge on any atom is 0.311 e. The predicted octanol–water partition coefficient (Wildman–Crippen LogP) is 5.18. The van der Waals surface area contributed by atoms with Gasteiger partial charge in [0.25, 0.3) is 16.8 Å². The maximum atomic E-state index is 11.8. The van der Waals surface area contributed by atoms with E-state index in [0.29, 0.717) is 34.1 Å². The number of anilines is 2. The Hall–Kier alpha value is -5.18. The summed E-state index contributed by atoms with van der Waals surface area (Å²) in [5.41, 5.74) is 3.25. The Morgan fingerprint density at radius 1 is 1.03 bits per heavy atom. The second-order valence-corrected chi connectivity index (χ2v) is 9.20. The van der Waals surface area contributed by atoms with E-state index in [9.17, 15) is 20.2 Å². The highest BCUT2D eigenvalue weighted by atomic mass is 32.2. The zero-order valence-electron chi connectivity index (χ0n) is 20.5. The number of nitro groups is 2. The first kappa shape index (κ1) is 25.5. The first-order chi connectivity index (χ1) is 18.8. The third kappa shape index (κ3) is 5.42. The zero-order chi connectivity index (χ0) is 27.5. The number of nitrogens with zero attached hydrogens (tertiary/aromatic N) is 8. The summed E-state index contributed by atoms with van der Waals surface area (Å²) in [7, 11) is 0. The largest absolute Gasteiger partial charge is 0.411 e. The normalized spacial score (nSPS) is 10.9. The van der Waals surface area contributed by atoms with Crippen LogP contribution in [0.25, 0.3) is 17.1 Å². The van der Waals surface area contributed by atoms with Gasteiger partial charge in [0.1, 0.15) is 11.9 Å². The van der Waals surface area contributed by atoms with Gasteiger partial charge in [0, 0.05) is 23.6 Å². The summed E-state index contributed by atoms with van der Waals surface area (Å²) in [5, 5.41) is 42.6. The zero-order valence-corrected chi connectivity index (χ0v) is 21.3. The van der Waals surface area contributed by atoms with Gasteiger partial charge in [0.2, 0.25) is 0 Å². The van der Waals surface area contributed by atoms with Crippen LogP contribution in [-0.2, 0) is 5.75 Å². The van der Waals surface area contributed by atoms with Crippen LogP contribution in [0.5, 0.6) is 0 Å². The van der Waals surface area contributed by atoms with Crippen LogP contribution in [0, 0.1) is 34.1 Å². The standard InChI is InChI=1S/C24H19N9O5S/c1-14-8-9-18(32(34)35)10-19(14)31-12-17(27-30-31)13-39-24-29-28-23(38-24)21-15(2)25-11-20(33(36)37)22(21)26-16-6-4-3-5-7-16/h3-12H,13H2,1-2H3,(H,25,26). The summed E-state index contributed by atoms with van der Waals surface area (Å²) in [5.74, 6) is 0.386. The van der Waals surface area contributed by atoms with Crippen LogP contribution in [0.3, 0.4) is 0 Å². The van der Waals surface area contributed by atoms with E-state index in [1.165, 1.54) is 34.8 Å². The molecular weight excluding hydrogens is 526 g/mol. The first-order valence-corrected chi connectivity index (χ1v) is 12.4. The summed E-state index contributed by atoms with van der Waals surface area (Å²) in [6, 6.07) is 13.5. The number of hydrogen-bond donors (Lipinski definition) is 1. The molecule has 0 atom stereocenters. The number of hydrogen-bond acceptors (Lipinski definition) is 12. The van der Waals surface area contributed by atoms with E-state index in [0.717, 1.165) is 5.56 Å². The molecule has 0 bridgehead atoms. The second kappa shape index (κ2) is 10.7. The van der Waals surface area contributed by atoms with Gasteiger partial charge in [-0.05, 0) is 31.5 Å². The summed E-state index contributed by atoms with van der Waals surface area (Å²) < 4.78 is 7.32. The van der Waals surface area contributed by atoms with Crippen molar-refractivity contribution >= 4 is 34.5 Å². The average Bonchev–Trinajstić information content (AvgIpc) is 3.58. The van der Waals surface area contributed by atoms with E-state index in [1.54, 1.807) is 43.5 Å². The molecule has 0 unspecified atom stereocenters. The number of nitro benzene ring substituents is 1. The molecule has 3 heterocycles. The highest BCUT2D eigenvalue weighted by molar-refractivity contribution is 7.98. The van der Waals surface area contributed by atoms with E-state index in [-0.39, 0.29) is 28.2 Å². The molecule has 0 radical (unpaired) electrons. The molecule has 0 aliphatic carbocycles. The van der Waals surface area contributed by atoms with Crippen molar-refractivity contribution in [2.24, 2.45) is 0 Å². The van der Waals surface area contributed by atoms with Gasteiger partial charge in [-0.3, -0.25) is 25.2 Å². The lowest BCUT2D eigenvalue weighted by molar-refractivity contribution is -0.384. The maximum absolute atomic E-state index is 11.8. The average molecular weight is 546 g/mol. The summed E-state index contributed by atoms with van der Waals surface area (Å²) in [4.78, 5) is 26.1. The van der Waals surface area contributed by atoms with Crippen molar-refractivity contribution in [3.63, 3.8) is 0 Å². The van der Waals surface area contributed by atoms with Crippen molar-refractivity contribution in [1.29, 1.82) is 0 Å². The van der Waals surface area contributed by atoms with Crippen molar-refractivity contribution in [3.8, 4) is 17.1 Å². The van der Waals surface area contributed by atoms with Gasteiger partial charge < -0.3 is 9.73 Å². The number of aromatic nitrogens is 6. The molecule has 2 aromatic carbocycles. The van der Waals surface area contributed by atoms with Crippen molar-refractivity contribution in [3.05, 3.63) is 98.1 Å². The quantitative estimate of drug-likeness (QED) is 0.146. The van der Waals surface area contributed by atoms with Crippen molar-refractivity contribution in [2.75, 3.05) is 5.32 Å². The molecule has 0 saturated carbocycles. The summed E-state index contributed by atoms with van der Waals surface area (Å²) in [6.07, 6.45) is 2.84. The Morgan fingerprint density at radius 2 is 1.82 bits per heavy atom. The van der Waals surface area contributed by atoms with Crippen molar-refractivity contribution < 1.29 is 14.3 Å². The lowest BCUT2D eigenvalue weighted by atomic mass is 10.1. The van der Waals surface area contributed by atoms with Crippen LogP contribution in [-0.4, -0.2) is 40.0 Å². The van der Waals surface area contributed by atoms with Gasteiger partial charge in [-0.25, -0.2) is 4.68 Å². The molecule has 0 aliphatic rings. The van der Waals surface area contributed by atoms with E-state index in [1.807, 2.05) is 13.0 Å². The van der Waals surface area contributed by atoms with Crippen LogP contribution in [0.15, 0.2) is 70.6 Å². The fourth-order valence-electron chi connectivity index (χ4n) is 3.73. The minimum Gasteiger partial charge on any atom is -0.411 e. The van der Waals surface area contributed by atoms with E-state index in [4.69, 9.17) is 4.42 Å². The van der Waals surface area contributed by atoms with Gasteiger partial charge >= 0.3 is 5.69 Å². The Labute approximate surface area is 224 Å². The molecule has 0 spiro atoms. The third-order valence-electron chi connectivity index (χ3n) is 5.64.